The molecular formula is C27H33N3O5S. The van der Waals surface area contributed by atoms with Gasteiger partial charge in [-0.1, -0.05) is 28.9 Å². The van der Waals surface area contributed by atoms with Gasteiger partial charge in [0, 0.05) is 20.1 Å². The zero-order valence-corrected chi connectivity index (χ0v) is 22.3. The molecule has 0 aliphatic carbocycles. The summed E-state index contributed by atoms with van der Waals surface area (Å²) in [4.78, 5) is 14.7. The topological polar surface area (TPSA) is 96.9 Å². The largest absolute Gasteiger partial charge is 0.467 e. The van der Waals surface area contributed by atoms with Gasteiger partial charge in [-0.3, -0.25) is 4.79 Å². The zero-order chi connectivity index (χ0) is 26.0. The molecule has 1 fully saturated rings. The van der Waals surface area contributed by atoms with Crippen molar-refractivity contribution in [3.05, 3.63) is 70.0 Å². The molecule has 1 amide bonds. The summed E-state index contributed by atoms with van der Waals surface area (Å²) in [5.41, 5.74) is 4.68. The van der Waals surface area contributed by atoms with E-state index >= 15 is 0 Å². The van der Waals surface area contributed by atoms with Crippen molar-refractivity contribution in [1.82, 2.24) is 14.4 Å². The SMILES string of the molecule is Cc1cc(C)c(/C=C/c2onc(C)c2S(=O)(=O)N2CCCC(C(=O)N(C)Cc3ccco3)C2)c(C)c1. The number of hydrogen-bond donors (Lipinski definition) is 0. The van der Waals surface area contributed by atoms with Gasteiger partial charge in [0.15, 0.2) is 10.7 Å². The fourth-order valence-electron chi connectivity index (χ4n) is 4.93. The molecule has 1 aliphatic rings. The maximum atomic E-state index is 13.7. The van der Waals surface area contributed by atoms with Crippen molar-refractivity contribution in [3.63, 3.8) is 0 Å². The predicted molar refractivity (Wildman–Crippen MR) is 137 cm³/mol. The lowest BCUT2D eigenvalue weighted by molar-refractivity contribution is -0.136. The van der Waals surface area contributed by atoms with Crippen LogP contribution in [-0.4, -0.2) is 48.8 Å². The Bertz CT molecular complexity index is 1350. The number of furan rings is 1. The van der Waals surface area contributed by atoms with Gasteiger partial charge in [-0.15, -0.1) is 0 Å². The van der Waals surface area contributed by atoms with Gasteiger partial charge in [0.2, 0.25) is 15.9 Å². The van der Waals surface area contributed by atoms with Crippen LogP contribution in [-0.2, 0) is 21.4 Å². The van der Waals surface area contributed by atoms with Crippen LogP contribution in [0.3, 0.4) is 0 Å². The fourth-order valence-corrected chi connectivity index (χ4v) is 6.70. The number of rotatable bonds is 7. The van der Waals surface area contributed by atoms with E-state index in [1.807, 2.05) is 32.9 Å². The highest BCUT2D eigenvalue weighted by Gasteiger charge is 2.37. The Kier molecular flexibility index (Phi) is 7.51. The third kappa shape index (κ3) is 5.32. The number of carbonyl (C=O) groups is 1. The van der Waals surface area contributed by atoms with E-state index in [4.69, 9.17) is 8.94 Å². The number of hydrogen-bond acceptors (Lipinski definition) is 6. The highest BCUT2D eigenvalue weighted by atomic mass is 32.2. The van der Waals surface area contributed by atoms with Crippen molar-refractivity contribution >= 4 is 28.1 Å². The Morgan fingerprint density at radius 1 is 1.19 bits per heavy atom. The van der Waals surface area contributed by atoms with Gasteiger partial charge in [-0.25, -0.2) is 8.42 Å². The number of carbonyl (C=O) groups excluding carboxylic acids is 1. The summed E-state index contributed by atoms with van der Waals surface area (Å²) < 4.78 is 39.6. The van der Waals surface area contributed by atoms with Gasteiger partial charge >= 0.3 is 0 Å². The van der Waals surface area contributed by atoms with Crippen molar-refractivity contribution in [1.29, 1.82) is 0 Å². The van der Waals surface area contributed by atoms with Crippen LogP contribution in [0.2, 0.25) is 0 Å². The quantitative estimate of drug-likeness (QED) is 0.455. The number of aryl methyl sites for hydroxylation is 4. The number of benzene rings is 1. The van der Waals surface area contributed by atoms with Crippen LogP contribution in [0.5, 0.6) is 0 Å². The maximum Gasteiger partial charge on any atom is 0.248 e. The summed E-state index contributed by atoms with van der Waals surface area (Å²) in [5, 5.41) is 3.96. The monoisotopic (exact) mass is 511 g/mol. The summed E-state index contributed by atoms with van der Waals surface area (Å²) in [6.07, 6.45) is 6.34. The predicted octanol–water partition coefficient (Wildman–Crippen LogP) is 4.73. The molecule has 0 spiro atoms. The van der Waals surface area contributed by atoms with Gasteiger partial charge in [0.05, 0.1) is 18.7 Å². The second kappa shape index (κ2) is 10.4. The van der Waals surface area contributed by atoms with E-state index < -0.39 is 15.9 Å². The van der Waals surface area contributed by atoms with Crippen LogP contribution in [0, 0.1) is 33.6 Å². The van der Waals surface area contributed by atoms with Crippen LogP contribution in [0.25, 0.3) is 12.2 Å². The van der Waals surface area contributed by atoms with E-state index in [2.05, 4.69) is 17.3 Å². The molecular weight excluding hydrogens is 478 g/mol. The molecule has 0 radical (unpaired) electrons. The van der Waals surface area contributed by atoms with E-state index in [1.165, 1.54) is 9.87 Å². The Morgan fingerprint density at radius 2 is 1.92 bits per heavy atom. The first kappa shape index (κ1) is 25.9. The van der Waals surface area contributed by atoms with Crippen molar-refractivity contribution in [2.45, 2.75) is 52.0 Å². The van der Waals surface area contributed by atoms with E-state index in [-0.39, 0.29) is 23.1 Å². The third-order valence-electron chi connectivity index (χ3n) is 6.65. The molecule has 1 atom stereocenters. The van der Waals surface area contributed by atoms with Crippen molar-refractivity contribution in [2.75, 3.05) is 20.1 Å². The zero-order valence-electron chi connectivity index (χ0n) is 21.4. The molecule has 9 heteroatoms. The van der Waals surface area contributed by atoms with E-state index in [0.29, 0.717) is 37.4 Å². The lowest BCUT2D eigenvalue weighted by Gasteiger charge is -2.33. The smallest absolute Gasteiger partial charge is 0.248 e. The van der Waals surface area contributed by atoms with Crippen LogP contribution in [0.4, 0.5) is 0 Å². The van der Waals surface area contributed by atoms with Gasteiger partial charge in [0.1, 0.15) is 11.5 Å². The lowest BCUT2D eigenvalue weighted by Crippen LogP contribution is -2.45. The normalized spacial score (nSPS) is 17.1. The molecule has 2 aromatic heterocycles. The number of amides is 1. The van der Waals surface area contributed by atoms with Gasteiger partial charge in [-0.2, -0.15) is 4.31 Å². The minimum atomic E-state index is -3.92. The minimum Gasteiger partial charge on any atom is -0.467 e. The van der Waals surface area contributed by atoms with E-state index in [9.17, 15) is 13.2 Å². The molecule has 192 valence electrons. The molecule has 4 rings (SSSR count). The molecule has 1 aromatic carbocycles. The molecule has 0 bridgehead atoms. The van der Waals surface area contributed by atoms with Gasteiger partial charge < -0.3 is 13.8 Å². The number of sulfonamides is 1. The van der Waals surface area contributed by atoms with Crippen molar-refractivity contribution < 1.29 is 22.2 Å². The fraction of sp³-hybridized carbons (Fsp3) is 0.407. The summed E-state index contributed by atoms with van der Waals surface area (Å²) >= 11 is 0. The standard InChI is InChI=1S/C27H33N3O5S/c1-18-14-19(2)24(20(3)15-18)10-11-25-26(21(4)28-35-25)36(32,33)30-12-6-8-22(16-30)27(31)29(5)17-23-9-7-13-34-23/h7,9-11,13-15,22H,6,8,12,16-17H2,1-5H3/b11-10+. The highest BCUT2D eigenvalue weighted by molar-refractivity contribution is 7.89. The number of nitrogens with zero attached hydrogens (tertiary/aromatic N) is 3. The molecule has 1 aliphatic heterocycles. The van der Waals surface area contributed by atoms with Crippen LogP contribution in [0.1, 0.15) is 52.3 Å². The van der Waals surface area contributed by atoms with Crippen LogP contribution in [0.15, 0.2) is 44.4 Å². The van der Waals surface area contributed by atoms with E-state index in [1.54, 1.807) is 37.3 Å². The molecule has 36 heavy (non-hydrogen) atoms. The second-order valence-electron chi connectivity index (χ2n) is 9.58. The van der Waals surface area contributed by atoms with Gasteiger partial charge in [0.25, 0.3) is 0 Å². The molecule has 0 saturated carbocycles. The first-order valence-electron chi connectivity index (χ1n) is 12.1. The molecule has 1 saturated heterocycles. The second-order valence-corrected chi connectivity index (χ2v) is 11.5. The third-order valence-corrected chi connectivity index (χ3v) is 8.68. The van der Waals surface area contributed by atoms with Crippen LogP contribution >= 0.6 is 0 Å². The lowest BCUT2D eigenvalue weighted by atomic mass is 9.98. The first-order chi connectivity index (χ1) is 17.1. The number of piperidine rings is 1. The molecule has 3 aromatic rings. The number of aromatic nitrogens is 1. The Labute approximate surface area is 212 Å². The average molecular weight is 512 g/mol. The Morgan fingerprint density at radius 3 is 2.58 bits per heavy atom. The van der Waals surface area contributed by atoms with Gasteiger partial charge in [-0.05, 0) is 75.4 Å². The summed E-state index contributed by atoms with van der Waals surface area (Å²) in [7, 11) is -2.21. The average Bonchev–Trinajstić information content (AvgIpc) is 3.47. The van der Waals surface area contributed by atoms with Crippen molar-refractivity contribution in [2.24, 2.45) is 5.92 Å². The summed E-state index contributed by atoms with van der Waals surface area (Å²) in [5.74, 6) is 0.348. The minimum absolute atomic E-state index is 0.0539. The van der Waals surface area contributed by atoms with Crippen LogP contribution < -0.4 is 0 Å². The highest BCUT2D eigenvalue weighted by Crippen LogP contribution is 2.30. The Hall–Kier alpha value is -3.17. The molecule has 0 N–H and O–H groups in total. The maximum absolute atomic E-state index is 13.7. The van der Waals surface area contributed by atoms with E-state index in [0.717, 1.165) is 16.7 Å². The molecule has 3 heterocycles. The molecule has 1 unspecified atom stereocenters. The summed E-state index contributed by atoms with van der Waals surface area (Å²) in [6.45, 7) is 8.52. The van der Waals surface area contributed by atoms with Crippen molar-refractivity contribution in [3.8, 4) is 0 Å². The first-order valence-corrected chi connectivity index (χ1v) is 13.5. The Balaban J connectivity index is 1.55. The summed E-state index contributed by atoms with van der Waals surface area (Å²) in [6, 6.07) is 7.76. The molecule has 8 nitrogen and oxygen atoms in total.